The highest BCUT2D eigenvalue weighted by Crippen LogP contribution is 2.31. The molecule has 0 N–H and O–H groups in total. The molecule has 0 unspecified atom stereocenters. The summed E-state index contributed by atoms with van der Waals surface area (Å²) in [5.41, 5.74) is 2.33. The van der Waals surface area contributed by atoms with Crippen molar-refractivity contribution in [2.45, 2.75) is 19.5 Å². The van der Waals surface area contributed by atoms with Crippen LogP contribution in [0.1, 0.15) is 17.5 Å². The summed E-state index contributed by atoms with van der Waals surface area (Å²) in [6.07, 6.45) is 4.61. The number of rotatable bonds is 5. The SMILES string of the molecule is COc1ccc2c(c1)CCCN2C(=O)/C=C/c1ccccc1OC(F)F. The van der Waals surface area contributed by atoms with E-state index in [-0.39, 0.29) is 11.7 Å². The van der Waals surface area contributed by atoms with E-state index in [0.29, 0.717) is 12.1 Å². The zero-order valence-corrected chi connectivity index (χ0v) is 14.3. The smallest absolute Gasteiger partial charge is 0.387 e. The van der Waals surface area contributed by atoms with Crippen molar-refractivity contribution in [1.82, 2.24) is 0 Å². The topological polar surface area (TPSA) is 38.8 Å². The molecule has 0 aliphatic carbocycles. The van der Waals surface area contributed by atoms with Crippen LogP contribution in [-0.2, 0) is 11.2 Å². The van der Waals surface area contributed by atoms with Crippen LogP contribution in [0.3, 0.4) is 0 Å². The summed E-state index contributed by atoms with van der Waals surface area (Å²) in [6, 6.07) is 12.0. The predicted molar refractivity (Wildman–Crippen MR) is 95.8 cm³/mol. The standard InChI is InChI=1S/C20H19F2NO3/c1-25-16-9-10-17-15(13-16)6-4-12-23(17)19(24)11-8-14-5-2-3-7-18(14)26-20(21)22/h2-3,5,7-11,13,20H,4,6,12H2,1H3/b11-8+. The van der Waals surface area contributed by atoms with Crippen molar-refractivity contribution in [1.29, 1.82) is 0 Å². The summed E-state index contributed by atoms with van der Waals surface area (Å²) in [4.78, 5) is 14.3. The number of nitrogens with zero attached hydrogens (tertiary/aromatic N) is 1. The molecule has 1 aliphatic heterocycles. The molecule has 26 heavy (non-hydrogen) atoms. The monoisotopic (exact) mass is 359 g/mol. The summed E-state index contributed by atoms with van der Waals surface area (Å²) in [5.74, 6) is 0.588. The Morgan fingerprint density at radius 2 is 2.04 bits per heavy atom. The van der Waals surface area contributed by atoms with Gasteiger partial charge in [0, 0.05) is 23.9 Å². The lowest BCUT2D eigenvalue weighted by Gasteiger charge is -2.29. The van der Waals surface area contributed by atoms with Crippen LogP contribution < -0.4 is 14.4 Å². The number of carbonyl (C=O) groups is 1. The zero-order valence-electron chi connectivity index (χ0n) is 14.3. The summed E-state index contributed by atoms with van der Waals surface area (Å²) >= 11 is 0. The van der Waals surface area contributed by atoms with E-state index in [1.807, 2.05) is 18.2 Å². The molecule has 2 aromatic rings. The van der Waals surface area contributed by atoms with Gasteiger partial charge in [-0.1, -0.05) is 18.2 Å². The number of amides is 1. The summed E-state index contributed by atoms with van der Waals surface area (Å²) in [5, 5.41) is 0. The Morgan fingerprint density at radius 3 is 2.81 bits per heavy atom. The number of alkyl halides is 2. The number of para-hydroxylation sites is 1. The van der Waals surface area contributed by atoms with Crippen molar-refractivity contribution in [3.63, 3.8) is 0 Å². The molecular formula is C20H19F2NO3. The van der Waals surface area contributed by atoms with Gasteiger partial charge in [-0.15, -0.1) is 0 Å². The number of benzene rings is 2. The molecule has 0 spiro atoms. The lowest BCUT2D eigenvalue weighted by molar-refractivity contribution is -0.114. The van der Waals surface area contributed by atoms with Crippen LogP contribution in [0.5, 0.6) is 11.5 Å². The van der Waals surface area contributed by atoms with Gasteiger partial charge in [0.25, 0.3) is 5.91 Å². The molecular weight excluding hydrogens is 340 g/mol. The second kappa shape index (κ2) is 7.99. The highest BCUT2D eigenvalue weighted by atomic mass is 19.3. The van der Waals surface area contributed by atoms with Gasteiger partial charge < -0.3 is 14.4 Å². The third-order valence-electron chi connectivity index (χ3n) is 4.21. The lowest BCUT2D eigenvalue weighted by Crippen LogP contribution is -2.34. The predicted octanol–water partition coefficient (Wildman–Crippen LogP) is 4.29. The number of anilines is 1. The Morgan fingerprint density at radius 1 is 1.23 bits per heavy atom. The Hall–Kier alpha value is -2.89. The molecule has 2 aromatic carbocycles. The van der Waals surface area contributed by atoms with E-state index in [0.717, 1.165) is 29.8 Å². The third kappa shape index (κ3) is 4.02. The number of methoxy groups -OCH3 is 1. The number of aryl methyl sites for hydroxylation is 1. The molecule has 1 amide bonds. The van der Waals surface area contributed by atoms with Crippen molar-refractivity contribution in [3.05, 3.63) is 59.7 Å². The molecule has 0 aromatic heterocycles. The van der Waals surface area contributed by atoms with Gasteiger partial charge in [-0.3, -0.25) is 4.79 Å². The first kappa shape index (κ1) is 17.9. The van der Waals surface area contributed by atoms with E-state index < -0.39 is 6.61 Å². The summed E-state index contributed by atoms with van der Waals surface area (Å²) in [7, 11) is 1.61. The van der Waals surface area contributed by atoms with Crippen molar-refractivity contribution in [3.8, 4) is 11.5 Å². The number of hydrogen-bond acceptors (Lipinski definition) is 3. The molecule has 0 atom stereocenters. The number of fused-ring (bicyclic) bond motifs is 1. The fourth-order valence-corrected chi connectivity index (χ4v) is 3.00. The maximum Gasteiger partial charge on any atom is 0.387 e. The molecule has 3 rings (SSSR count). The van der Waals surface area contributed by atoms with Gasteiger partial charge >= 0.3 is 6.61 Å². The quantitative estimate of drug-likeness (QED) is 0.748. The zero-order chi connectivity index (χ0) is 18.5. The van der Waals surface area contributed by atoms with Crippen molar-refractivity contribution >= 4 is 17.7 Å². The molecule has 136 valence electrons. The average Bonchev–Trinajstić information content (AvgIpc) is 2.65. The van der Waals surface area contributed by atoms with Crippen LogP contribution >= 0.6 is 0 Å². The molecule has 0 radical (unpaired) electrons. The average molecular weight is 359 g/mol. The van der Waals surface area contributed by atoms with Crippen LogP contribution in [0.15, 0.2) is 48.5 Å². The largest absolute Gasteiger partial charge is 0.497 e. The minimum atomic E-state index is -2.91. The number of ether oxygens (including phenoxy) is 2. The molecule has 6 heteroatoms. The minimum absolute atomic E-state index is 0.0373. The maximum atomic E-state index is 12.6. The van der Waals surface area contributed by atoms with E-state index in [2.05, 4.69) is 4.74 Å². The normalized spacial score (nSPS) is 13.8. The van der Waals surface area contributed by atoms with Crippen molar-refractivity contribution in [2.24, 2.45) is 0 Å². The number of halogens is 2. The van der Waals surface area contributed by atoms with E-state index >= 15 is 0 Å². The van der Waals surface area contributed by atoms with Gasteiger partial charge in [0.2, 0.25) is 0 Å². The Labute approximate surface area is 150 Å². The Kier molecular flexibility index (Phi) is 5.51. The fourth-order valence-electron chi connectivity index (χ4n) is 3.00. The first-order valence-electron chi connectivity index (χ1n) is 8.29. The molecule has 0 saturated heterocycles. The highest BCUT2D eigenvalue weighted by molar-refractivity contribution is 6.04. The van der Waals surface area contributed by atoms with Gasteiger partial charge in [-0.05, 0) is 48.7 Å². The molecule has 1 heterocycles. The van der Waals surface area contributed by atoms with E-state index in [1.54, 1.807) is 30.2 Å². The maximum absolute atomic E-state index is 12.6. The van der Waals surface area contributed by atoms with Gasteiger partial charge in [0.05, 0.1) is 7.11 Å². The van der Waals surface area contributed by atoms with Crippen LogP contribution in [0.4, 0.5) is 14.5 Å². The Balaban J connectivity index is 1.81. The second-order valence-electron chi connectivity index (χ2n) is 5.84. The fraction of sp³-hybridized carbons (Fsp3) is 0.250. The summed E-state index contributed by atoms with van der Waals surface area (Å²) < 4.78 is 34.7. The van der Waals surface area contributed by atoms with E-state index in [9.17, 15) is 13.6 Å². The molecule has 0 bridgehead atoms. The first-order valence-corrected chi connectivity index (χ1v) is 8.29. The lowest BCUT2D eigenvalue weighted by atomic mass is 10.0. The summed E-state index contributed by atoms with van der Waals surface area (Å²) in [6.45, 7) is -2.30. The number of carbonyl (C=O) groups excluding carboxylic acids is 1. The second-order valence-corrected chi connectivity index (χ2v) is 5.84. The Bertz CT molecular complexity index is 820. The first-order chi connectivity index (χ1) is 12.6. The van der Waals surface area contributed by atoms with Crippen LogP contribution in [0.2, 0.25) is 0 Å². The van der Waals surface area contributed by atoms with Gasteiger partial charge in [0.1, 0.15) is 11.5 Å². The number of hydrogen-bond donors (Lipinski definition) is 0. The van der Waals surface area contributed by atoms with E-state index in [4.69, 9.17) is 4.74 Å². The van der Waals surface area contributed by atoms with Crippen LogP contribution in [0.25, 0.3) is 6.08 Å². The van der Waals surface area contributed by atoms with Crippen molar-refractivity contribution in [2.75, 3.05) is 18.6 Å². The van der Waals surface area contributed by atoms with Gasteiger partial charge in [-0.2, -0.15) is 8.78 Å². The van der Waals surface area contributed by atoms with Gasteiger partial charge in [0.15, 0.2) is 0 Å². The minimum Gasteiger partial charge on any atom is -0.497 e. The molecule has 0 fully saturated rings. The molecule has 4 nitrogen and oxygen atoms in total. The van der Waals surface area contributed by atoms with Gasteiger partial charge in [-0.25, -0.2) is 0 Å². The van der Waals surface area contributed by atoms with Crippen LogP contribution in [0, 0.1) is 0 Å². The van der Waals surface area contributed by atoms with Crippen LogP contribution in [-0.4, -0.2) is 26.2 Å². The van der Waals surface area contributed by atoms with Crippen molar-refractivity contribution < 1.29 is 23.0 Å². The highest BCUT2D eigenvalue weighted by Gasteiger charge is 2.21. The molecule has 0 saturated carbocycles. The third-order valence-corrected chi connectivity index (χ3v) is 4.21. The van der Waals surface area contributed by atoms with E-state index in [1.165, 1.54) is 18.2 Å². The molecule has 1 aliphatic rings.